The molecular weight excluding hydrogens is 372 g/mol. The van der Waals surface area contributed by atoms with Crippen LogP contribution in [0.4, 0.5) is 0 Å². The molecule has 0 bridgehead atoms. The quantitative estimate of drug-likeness (QED) is 0.881. The van der Waals surface area contributed by atoms with E-state index in [1.54, 1.807) is 11.4 Å². The Bertz CT molecular complexity index is 730. The first-order valence-electron chi connectivity index (χ1n) is 6.54. The Morgan fingerprint density at radius 2 is 1.90 bits per heavy atom. The fraction of sp³-hybridized carbons (Fsp3) is 0.286. The van der Waals surface area contributed by atoms with E-state index in [1.165, 1.54) is 15.6 Å². The second-order valence-corrected chi connectivity index (χ2v) is 8.96. The van der Waals surface area contributed by atoms with Gasteiger partial charge in [-0.3, -0.25) is 0 Å². The van der Waals surface area contributed by atoms with Gasteiger partial charge in [0.1, 0.15) is 4.21 Å². The van der Waals surface area contributed by atoms with E-state index in [1.807, 2.05) is 30.3 Å². The summed E-state index contributed by atoms with van der Waals surface area (Å²) in [5.74, 6) is 0.0414. The molecule has 7 heteroatoms. The number of benzene rings is 1. The lowest BCUT2D eigenvalue weighted by Gasteiger charge is -2.16. The van der Waals surface area contributed by atoms with Gasteiger partial charge in [0, 0.05) is 29.5 Å². The van der Waals surface area contributed by atoms with Crippen LogP contribution >= 0.6 is 27.3 Å². The first kappa shape index (κ1) is 15.2. The third kappa shape index (κ3) is 2.80. The Morgan fingerprint density at radius 1 is 1.19 bits per heavy atom. The molecule has 1 fully saturated rings. The van der Waals surface area contributed by atoms with Crippen molar-refractivity contribution in [1.82, 2.24) is 4.31 Å². The lowest BCUT2D eigenvalue weighted by Crippen LogP contribution is -2.32. The van der Waals surface area contributed by atoms with Crippen LogP contribution in [0.25, 0.3) is 0 Å². The standard InChI is InChI=1S/C14H15BrN2O2S2/c15-12-6-7-20-14(12)21(18,19)17-8-11(13(16)9-17)10-4-2-1-3-5-10/h1-7,11,13H,8-9,16H2/t11-,13+/m0/s1. The molecular formula is C14H15BrN2O2S2. The Kier molecular flexibility index (Phi) is 4.20. The van der Waals surface area contributed by atoms with Gasteiger partial charge in [-0.25, -0.2) is 8.42 Å². The number of hydrogen-bond acceptors (Lipinski definition) is 4. The van der Waals surface area contributed by atoms with Crippen molar-refractivity contribution in [3.63, 3.8) is 0 Å². The summed E-state index contributed by atoms with van der Waals surface area (Å²) in [5, 5.41) is 1.77. The molecule has 0 amide bonds. The molecule has 0 unspecified atom stereocenters. The van der Waals surface area contributed by atoms with E-state index < -0.39 is 10.0 Å². The number of nitrogens with zero attached hydrogens (tertiary/aromatic N) is 1. The van der Waals surface area contributed by atoms with Gasteiger partial charge in [0.2, 0.25) is 0 Å². The fourth-order valence-electron chi connectivity index (χ4n) is 2.62. The van der Waals surface area contributed by atoms with Crippen molar-refractivity contribution in [2.45, 2.75) is 16.2 Å². The zero-order valence-electron chi connectivity index (χ0n) is 11.1. The predicted molar refractivity (Wildman–Crippen MR) is 87.9 cm³/mol. The van der Waals surface area contributed by atoms with E-state index in [9.17, 15) is 8.42 Å². The van der Waals surface area contributed by atoms with Crippen LogP contribution in [-0.2, 0) is 10.0 Å². The summed E-state index contributed by atoms with van der Waals surface area (Å²) in [5.41, 5.74) is 7.27. The van der Waals surface area contributed by atoms with Gasteiger partial charge in [-0.1, -0.05) is 30.3 Å². The lowest BCUT2D eigenvalue weighted by molar-refractivity contribution is 0.471. The summed E-state index contributed by atoms with van der Waals surface area (Å²) in [4.78, 5) is 0. The normalized spacial score (nSPS) is 23.5. The molecule has 2 aromatic rings. The van der Waals surface area contributed by atoms with Crippen molar-refractivity contribution in [2.75, 3.05) is 13.1 Å². The minimum Gasteiger partial charge on any atom is -0.326 e. The van der Waals surface area contributed by atoms with Gasteiger partial charge >= 0.3 is 0 Å². The maximum atomic E-state index is 12.7. The Labute approximate surface area is 136 Å². The molecule has 3 rings (SSSR count). The second-order valence-electron chi connectivity index (χ2n) is 5.06. The Morgan fingerprint density at radius 3 is 2.52 bits per heavy atom. The van der Waals surface area contributed by atoms with Crippen LogP contribution < -0.4 is 5.73 Å². The van der Waals surface area contributed by atoms with E-state index >= 15 is 0 Å². The molecule has 2 heterocycles. The van der Waals surface area contributed by atoms with Crippen LogP contribution in [0.5, 0.6) is 0 Å². The van der Waals surface area contributed by atoms with Crippen molar-refractivity contribution in [2.24, 2.45) is 5.73 Å². The van der Waals surface area contributed by atoms with Crippen LogP contribution in [0.1, 0.15) is 11.5 Å². The van der Waals surface area contributed by atoms with Gasteiger partial charge in [0.25, 0.3) is 10.0 Å². The molecule has 1 saturated heterocycles. The summed E-state index contributed by atoms with van der Waals surface area (Å²) in [6.07, 6.45) is 0. The first-order chi connectivity index (χ1) is 10.00. The summed E-state index contributed by atoms with van der Waals surface area (Å²) < 4.78 is 27.8. The monoisotopic (exact) mass is 386 g/mol. The molecule has 0 aliphatic carbocycles. The number of rotatable bonds is 3. The third-order valence-corrected chi connectivity index (χ3v) is 8.20. The first-order valence-corrected chi connectivity index (χ1v) is 9.65. The molecule has 2 N–H and O–H groups in total. The van der Waals surface area contributed by atoms with E-state index in [-0.39, 0.29) is 12.0 Å². The molecule has 1 aromatic carbocycles. The highest BCUT2D eigenvalue weighted by atomic mass is 79.9. The smallest absolute Gasteiger partial charge is 0.253 e. The van der Waals surface area contributed by atoms with E-state index in [0.717, 1.165) is 5.56 Å². The topological polar surface area (TPSA) is 63.4 Å². The highest BCUT2D eigenvalue weighted by molar-refractivity contribution is 9.10. The van der Waals surface area contributed by atoms with E-state index in [4.69, 9.17) is 5.73 Å². The van der Waals surface area contributed by atoms with Crippen molar-refractivity contribution in [1.29, 1.82) is 0 Å². The zero-order chi connectivity index (χ0) is 15.0. The molecule has 0 spiro atoms. The highest BCUT2D eigenvalue weighted by Gasteiger charge is 2.39. The van der Waals surface area contributed by atoms with Gasteiger partial charge in [-0.2, -0.15) is 4.31 Å². The van der Waals surface area contributed by atoms with Crippen molar-refractivity contribution < 1.29 is 8.42 Å². The average Bonchev–Trinajstić information content (AvgIpc) is 3.06. The molecule has 0 saturated carbocycles. The van der Waals surface area contributed by atoms with Gasteiger partial charge in [0.05, 0.1) is 0 Å². The summed E-state index contributed by atoms with van der Waals surface area (Å²) in [6, 6.07) is 11.4. The Hall–Kier alpha value is -0.730. The second kappa shape index (κ2) is 5.81. The largest absolute Gasteiger partial charge is 0.326 e. The summed E-state index contributed by atoms with van der Waals surface area (Å²) >= 11 is 4.52. The van der Waals surface area contributed by atoms with E-state index in [2.05, 4.69) is 15.9 Å². The number of halogens is 1. The number of thiophene rings is 1. The van der Waals surface area contributed by atoms with Crippen LogP contribution in [0, 0.1) is 0 Å². The van der Waals surface area contributed by atoms with Gasteiger partial charge in [-0.05, 0) is 32.9 Å². The predicted octanol–water partition coefficient (Wildman–Crippen LogP) is 2.63. The molecule has 0 radical (unpaired) electrons. The van der Waals surface area contributed by atoms with Gasteiger partial charge < -0.3 is 5.73 Å². The van der Waals surface area contributed by atoms with Gasteiger partial charge in [0.15, 0.2) is 0 Å². The van der Waals surface area contributed by atoms with Crippen LogP contribution in [0.3, 0.4) is 0 Å². The van der Waals surface area contributed by atoms with E-state index in [0.29, 0.717) is 21.8 Å². The molecule has 4 nitrogen and oxygen atoms in total. The number of nitrogens with two attached hydrogens (primary N) is 1. The minimum absolute atomic E-state index is 0.0414. The fourth-order valence-corrected chi connectivity index (χ4v) is 6.57. The van der Waals surface area contributed by atoms with Crippen LogP contribution in [0.15, 0.2) is 50.5 Å². The molecule has 21 heavy (non-hydrogen) atoms. The Balaban J connectivity index is 1.88. The maximum Gasteiger partial charge on any atom is 0.253 e. The molecule has 112 valence electrons. The van der Waals surface area contributed by atoms with Crippen molar-refractivity contribution in [3.8, 4) is 0 Å². The van der Waals surface area contributed by atoms with Crippen LogP contribution in [-0.4, -0.2) is 31.9 Å². The molecule has 1 aromatic heterocycles. The third-order valence-electron chi connectivity index (χ3n) is 3.72. The molecule has 1 aliphatic heterocycles. The van der Waals surface area contributed by atoms with Crippen LogP contribution in [0.2, 0.25) is 0 Å². The number of hydrogen-bond donors (Lipinski definition) is 1. The van der Waals surface area contributed by atoms with Gasteiger partial charge in [-0.15, -0.1) is 11.3 Å². The maximum absolute atomic E-state index is 12.7. The SMILES string of the molecule is N[C@@H]1CN(S(=O)(=O)c2sccc2Br)C[C@H]1c1ccccc1. The lowest BCUT2D eigenvalue weighted by atomic mass is 9.95. The zero-order valence-corrected chi connectivity index (χ0v) is 14.4. The highest BCUT2D eigenvalue weighted by Crippen LogP contribution is 2.35. The van der Waals surface area contributed by atoms with Crippen molar-refractivity contribution >= 4 is 37.3 Å². The number of sulfonamides is 1. The molecule has 1 aliphatic rings. The summed E-state index contributed by atoms with van der Waals surface area (Å²) in [7, 11) is -3.47. The average molecular weight is 387 g/mol. The summed E-state index contributed by atoms with van der Waals surface area (Å²) in [6.45, 7) is 0.782. The molecule has 2 atom stereocenters. The minimum atomic E-state index is -3.47. The van der Waals surface area contributed by atoms with Crippen molar-refractivity contribution in [3.05, 3.63) is 51.8 Å².